The quantitative estimate of drug-likeness (QED) is 0.625. The molecular weight excluding hydrogens is 171 g/mol. The van der Waals surface area contributed by atoms with Crippen molar-refractivity contribution in [3.8, 4) is 0 Å². The van der Waals surface area contributed by atoms with Crippen LogP contribution in [0.1, 0.15) is 13.3 Å². The van der Waals surface area contributed by atoms with Gasteiger partial charge >= 0.3 is 0 Å². The molecule has 0 bridgehead atoms. The van der Waals surface area contributed by atoms with Gasteiger partial charge < -0.3 is 9.53 Å². The minimum Gasteiger partial charge on any atom is -0.342 e. The van der Waals surface area contributed by atoms with Crippen LogP contribution in [0.2, 0.25) is 0 Å². The third-order valence-corrected chi connectivity index (χ3v) is 1.88. The highest BCUT2D eigenvalue weighted by Gasteiger charge is 2.37. The maximum absolute atomic E-state index is 13.8. The van der Waals surface area contributed by atoms with Gasteiger partial charge in [-0.2, -0.15) is 0 Å². The van der Waals surface area contributed by atoms with E-state index in [2.05, 4.69) is 0 Å². The lowest BCUT2D eigenvalue weighted by atomic mass is 9.97. The average molecular weight is 184 g/mol. The molecule has 13 heavy (non-hydrogen) atoms. The Morgan fingerprint density at radius 3 is 3.00 bits per heavy atom. The first kappa shape index (κ1) is 10.1. The van der Waals surface area contributed by atoms with Crippen molar-refractivity contribution in [2.24, 2.45) is 5.92 Å². The number of hydrogen-bond acceptors (Lipinski definition) is 2. The summed E-state index contributed by atoms with van der Waals surface area (Å²) in [7, 11) is 0. The third kappa shape index (κ3) is 2.25. The summed E-state index contributed by atoms with van der Waals surface area (Å²) in [6.45, 7) is 2.21. The molecule has 0 amide bonds. The molecule has 2 nitrogen and oxygen atoms in total. The van der Waals surface area contributed by atoms with Gasteiger partial charge in [-0.3, -0.25) is 0 Å². The van der Waals surface area contributed by atoms with Crippen LogP contribution < -0.4 is 0 Å². The summed E-state index contributed by atoms with van der Waals surface area (Å²) in [5.41, 5.74) is 0. The van der Waals surface area contributed by atoms with Crippen LogP contribution in [0.4, 0.5) is 4.39 Å². The van der Waals surface area contributed by atoms with Gasteiger partial charge in [0, 0.05) is 0 Å². The number of aldehydes is 1. The monoisotopic (exact) mass is 184 g/mol. The van der Waals surface area contributed by atoms with E-state index in [1.165, 1.54) is 12.2 Å². The highest BCUT2D eigenvalue weighted by Crippen LogP contribution is 2.28. The SMILES string of the molecule is CCCOC1(F)C=CC=CC1C=O. The lowest BCUT2D eigenvalue weighted by Gasteiger charge is -2.27. The van der Waals surface area contributed by atoms with Crippen LogP contribution in [0.3, 0.4) is 0 Å². The number of carbonyl (C=O) groups excluding carboxylic acids is 1. The molecule has 72 valence electrons. The van der Waals surface area contributed by atoms with Crippen LogP contribution in [0.5, 0.6) is 0 Å². The van der Waals surface area contributed by atoms with Crippen molar-refractivity contribution < 1.29 is 13.9 Å². The number of alkyl halides is 1. The molecule has 1 aliphatic carbocycles. The molecule has 0 radical (unpaired) electrons. The molecule has 0 fully saturated rings. The van der Waals surface area contributed by atoms with E-state index in [0.717, 1.165) is 6.42 Å². The second kappa shape index (κ2) is 4.33. The Hall–Kier alpha value is -0.960. The second-order valence-corrected chi connectivity index (χ2v) is 2.95. The van der Waals surface area contributed by atoms with E-state index < -0.39 is 11.8 Å². The molecular formula is C10H13FO2. The highest BCUT2D eigenvalue weighted by atomic mass is 19.2. The largest absolute Gasteiger partial charge is 0.342 e. The average Bonchev–Trinajstić information content (AvgIpc) is 2.16. The van der Waals surface area contributed by atoms with Gasteiger partial charge in [0.05, 0.1) is 12.5 Å². The number of carbonyl (C=O) groups is 1. The van der Waals surface area contributed by atoms with Crippen molar-refractivity contribution in [3.63, 3.8) is 0 Å². The predicted molar refractivity (Wildman–Crippen MR) is 47.9 cm³/mol. The van der Waals surface area contributed by atoms with Crippen LogP contribution in [0, 0.1) is 5.92 Å². The van der Waals surface area contributed by atoms with Crippen LogP contribution in [0.15, 0.2) is 24.3 Å². The van der Waals surface area contributed by atoms with E-state index in [-0.39, 0.29) is 0 Å². The Morgan fingerprint density at radius 2 is 2.38 bits per heavy atom. The van der Waals surface area contributed by atoms with Gasteiger partial charge in [0.25, 0.3) is 0 Å². The third-order valence-electron chi connectivity index (χ3n) is 1.88. The van der Waals surface area contributed by atoms with Gasteiger partial charge in [-0.15, -0.1) is 0 Å². The summed E-state index contributed by atoms with van der Waals surface area (Å²) in [4.78, 5) is 10.5. The van der Waals surface area contributed by atoms with E-state index >= 15 is 0 Å². The molecule has 1 rings (SSSR count). The van der Waals surface area contributed by atoms with E-state index in [1.807, 2.05) is 6.92 Å². The van der Waals surface area contributed by atoms with Gasteiger partial charge in [0.2, 0.25) is 5.85 Å². The van der Waals surface area contributed by atoms with Crippen LogP contribution in [-0.4, -0.2) is 18.7 Å². The van der Waals surface area contributed by atoms with E-state index in [0.29, 0.717) is 12.9 Å². The minimum absolute atomic E-state index is 0.318. The van der Waals surface area contributed by atoms with E-state index in [1.54, 1.807) is 12.2 Å². The number of halogens is 1. The molecule has 3 heteroatoms. The first-order valence-electron chi connectivity index (χ1n) is 4.37. The van der Waals surface area contributed by atoms with E-state index in [4.69, 9.17) is 4.74 Å². The molecule has 0 N–H and O–H groups in total. The van der Waals surface area contributed by atoms with Crippen molar-refractivity contribution in [1.29, 1.82) is 0 Å². The zero-order chi connectivity index (χ0) is 9.73. The maximum atomic E-state index is 13.8. The van der Waals surface area contributed by atoms with Gasteiger partial charge in [0.1, 0.15) is 6.29 Å². The first-order chi connectivity index (χ1) is 6.23. The second-order valence-electron chi connectivity index (χ2n) is 2.95. The Morgan fingerprint density at radius 1 is 1.62 bits per heavy atom. The molecule has 0 aromatic heterocycles. The molecule has 0 saturated heterocycles. The summed E-state index contributed by atoms with van der Waals surface area (Å²) in [6, 6.07) is 0. The summed E-state index contributed by atoms with van der Waals surface area (Å²) in [5, 5.41) is 0. The fourth-order valence-corrected chi connectivity index (χ4v) is 1.15. The van der Waals surface area contributed by atoms with Crippen molar-refractivity contribution in [3.05, 3.63) is 24.3 Å². The highest BCUT2D eigenvalue weighted by molar-refractivity contribution is 5.60. The molecule has 0 heterocycles. The Bertz CT molecular complexity index is 235. The fraction of sp³-hybridized carbons (Fsp3) is 0.500. The van der Waals surface area contributed by atoms with Gasteiger partial charge in [-0.25, -0.2) is 4.39 Å². The fourth-order valence-electron chi connectivity index (χ4n) is 1.15. The first-order valence-corrected chi connectivity index (χ1v) is 4.37. The summed E-state index contributed by atoms with van der Waals surface area (Å²) >= 11 is 0. The van der Waals surface area contributed by atoms with Crippen LogP contribution in [-0.2, 0) is 9.53 Å². The van der Waals surface area contributed by atoms with Gasteiger partial charge in [0.15, 0.2) is 0 Å². The molecule has 2 atom stereocenters. The Kier molecular flexibility index (Phi) is 3.37. The summed E-state index contributed by atoms with van der Waals surface area (Å²) in [5.74, 6) is -2.75. The Labute approximate surface area is 77.1 Å². The summed E-state index contributed by atoms with van der Waals surface area (Å²) < 4.78 is 18.8. The number of ether oxygens (including phenoxy) is 1. The molecule has 1 aliphatic rings. The zero-order valence-electron chi connectivity index (χ0n) is 7.57. The number of rotatable bonds is 4. The van der Waals surface area contributed by atoms with Crippen LogP contribution >= 0.6 is 0 Å². The van der Waals surface area contributed by atoms with Crippen LogP contribution in [0.25, 0.3) is 0 Å². The molecule has 0 aromatic rings. The number of allylic oxidation sites excluding steroid dienone is 2. The lowest BCUT2D eigenvalue weighted by molar-refractivity contribution is -0.145. The smallest absolute Gasteiger partial charge is 0.241 e. The summed E-state index contributed by atoms with van der Waals surface area (Å²) in [6.07, 6.45) is 7.27. The molecule has 0 saturated carbocycles. The predicted octanol–water partition coefficient (Wildman–Crippen LogP) is 2.02. The lowest BCUT2D eigenvalue weighted by Crippen LogP contribution is -2.35. The zero-order valence-corrected chi connectivity index (χ0v) is 7.57. The maximum Gasteiger partial charge on any atom is 0.241 e. The van der Waals surface area contributed by atoms with Crippen molar-refractivity contribution >= 4 is 6.29 Å². The van der Waals surface area contributed by atoms with Crippen molar-refractivity contribution in [2.45, 2.75) is 19.2 Å². The van der Waals surface area contributed by atoms with Crippen molar-refractivity contribution in [1.82, 2.24) is 0 Å². The standard InChI is InChI=1S/C10H13FO2/c1-2-7-13-10(11)6-4-3-5-9(10)8-12/h3-6,8-9H,2,7H2,1H3. The van der Waals surface area contributed by atoms with E-state index in [9.17, 15) is 9.18 Å². The normalized spacial score (nSPS) is 32.0. The molecule has 0 aliphatic heterocycles. The van der Waals surface area contributed by atoms with Crippen molar-refractivity contribution in [2.75, 3.05) is 6.61 Å². The minimum atomic E-state index is -1.94. The molecule has 0 spiro atoms. The molecule has 0 aromatic carbocycles. The topological polar surface area (TPSA) is 26.3 Å². The Balaban J connectivity index is 2.68. The number of hydrogen-bond donors (Lipinski definition) is 0. The molecule has 2 unspecified atom stereocenters. The van der Waals surface area contributed by atoms with Gasteiger partial charge in [-0.1, -0.05) is 25.2 Å². The van der Waals surface area contributed by atoms with Gasteiger partial charge in [-0.05, 0) is 12.5 Å².